The van der Waals surface area contributed by atoms with Gasteiger partial charge in [0.25, 0.3) is 0 Å². The van der Waals surface area contributed by atoms with E-state index < -0.39 is 0 Å². The molecule has 0 aliphatic carbocycles. The predicted molar refractivity (Wildman–Crippen MR) is 118 cm³/mol. The Labute approximate surface area is 167 Å². The monoisotopic (exact) mass is 419 g/mol. The molecular formula is C25H25NSe. The second-order valence-electron chi connectivity index (χ2n) is 7.70. The third-order valence-corrected chi connectivity index (χ3v) is 7.41. The Morgan fingerprint density at radius 2 is 1.44 bits per heavy atom. The Bertz CT molecular complexity index is 1050. The summed E-state index contributed by atoms with van der Waals surface area (Å²) in [5.41, 5.74) is 6.67. The van der Waals surface area contributed by atoms with Crippen LogP contribution in [0.4, 0.5) is 0 Å². The van der Waals surface area contributed by atoms with Gasteiger partial charge in [0.1, 0.15) is 0 Å². The quantitative estimate of drug-likeness (QED) is 0.330. The van der Waals surface area contributed by atoms with Crippen molar-refractivity contribution in [3.63, 3.8) is 0 Å². The number of hydrogen-bond acceptors (Lipinski definition) is 1. The van der Waals surface area contributed by atoms with Crippen molar-refractivity contribution in [3.8, 4) is 21.3 Å². The zero-order valence-electron chi connectivity index (χ0n) is 16.4. The summed E-state index contributed by atoms with van der Waals surface area (Å²) in [5.74, 6) is 1.05. The molecule has 4 aromatic rings. The van der Waals surface area contributed by atoms with Gasteiger partial charge in [-0.2, -0.15) is 0 Å². The molecule has 2 heterocycles. The van der Waals surface area contributed by atoms with E-state index in [1.165, 1.54) is 36.3 Å². The Balaban J connectivity index is 1.88. The number of benzene rings is 2. The molecule has 0 spiro atoms. The summed E-state index contributed by atoms with van der Waals surface area (Å²) >= 11 is 0.312. The minimum absolute atomic E-state index is 0.312. The van der Waals surface area contributed by atoms with Crippen molar-refractivity contribution in [1.82, 2.24) is 4.98 Å². The zero-order chi connectivity index (χ0) is 19.0. The van der Waals surface area contributed by atoms with Gasteiger partial charge < -0.3 is 0 Å². The van der Waals surface area contributed by atoms with Crippen molar-refractivity contribution in [2.24, 2.45) is 0 Å². The normalized spacial score (nSPS) is 11.6. The van der Waals surface area contributed by atoms with E-state index in [0.717, 1.165) is 5.69 Å². The maximum absolute atomic E-state index is 4.75. The maximum atomic E-state index is 4.75. The van der Waals surface area contributed by atoms with E-state index in [4.69, 9.17) is 4.98 Å². The summed E-state index contributed by atoms with van der Waals surface area (Å²) in [6, 6.07) is 22.0. The van der Waals surface area contributed by atoms with Gasteiger partial charge in [-0.05, 0) is 0 Å². The molecule has 2 heteroatoms. The van der Waals surface area contributed by atoms with Crippen LogP contribution in [0.2, 0.25) is 0 Å². The second kappa shape index (κ2) is 7.46. The van der Waals surface area contributed by atoms with E-state index in [0.29, 0.717) is 26.3 Å². The molecule has 27 heavy (non-hydrogen) atoms. The number of pyridine rings is 1. The number of nitrogens with zero attached hydrogens (tertiary/aromatic N) is 1. The topological polar surface area (TPSA) is 12.9 Å². The van der Waals surface area contributed by atoms with Crippen molar-refractivity contribution in [2.45, 2.75) is 39.5 Å². The van der Waals surface area contributed by atoms with E-state index in [1.54, 1.807) is 0 Å². The average Bonchev–Trinajstić information content (AvgIpc) is 3.11. The van der Waals surface area contributed by atoms with Gasteiger partial charge in [-0.3, -0.25) is 0 Å². The minimum atomic E-state index is 0.312. The third kappa shape index (κ3) is 3.52. The Morgan fingerprint density at radius 1 is 0.778 bits per heavy atom. The van der Waals surface area contributed by atoms with Gasteiger partial charge in [-0.25, -0.2) is 0 Å². The molecule has 0 unspecified atom stereocenters. The van der Waals surface area contributed by atoms with Gasteiger partial charge in [0.05, 0.1) is 0 Å². The molecule has 0 radical (unpaired) electrons. The number of fused-ring (bicyclic) bond motifs is 1. The molecule has 0 atom stereocenters. The summed E-state index contributed by atoms with van der Waals surface area (Å²) in [4.78, 5) is 4.75. The van der Waals surface area contributed by atoms with Crippen molar-refractivity contribution >= 4 is 24.1 Å². The van der Waals surface area contributed by atoms with Crippen LogP contribution in [0.5, 0.6) is 0 Å². The molecule has 4 rings (SSSR count). The van der Waals surface area contributed by atoms with Crippen LogP contribution in [-0.2, 0) is 0 Å². The molecular weight excluding hydrogens is 393 g/mol. The fraction of sp³-hybridized carbons (Fsp3) is 0.240. The Morgan fingerprint density at radius 3 is 2.07 bits per heavy atom. The van der Waals surface area contributed by atoms with E-state index in [-0.39, 0.29) is 0 Å². The fourth-order valence-electron chi connectivity index (χ4n) is 3.67. The van der Waals surface area contributed by atoms with Gasteiger partial charge in [0, 0.05) is 0 Å². The Kier molecular flexibility index (Phi) is 5.04. The summed E-state index contributed by atoms with van der Waals surface area (Å²) in [5, 5.41) is 1.34. The van der Waals surface area contributed by atoms with E-state index in [2.05, 4.69) is 88.5 Å². The molecule has 2 aromatic heterocycles. The van der Waals surface area contributed by atoms with Crippen LogP contribution in [0.3, 0.4) is 0 Å². The molecule has 0 saturated heterocycles. The molecule has 0 fully saturated rings. The first-order chi connectivity index (χ1) is 13.0. The van der Waals surface area contributed by atoms with Crippen molar-refractivity contribution in [1.29, 1.82) is 0 Å². The average molecular weight is 418 g/mol. The fourth-order valence-corrected chi connectivity index (χ4v) is 5.98. The van der Waals surface area contributed by atoms with Crippen LogP contribution < -0.4 is 0 Å². The molecule has 0 saturated carbocycles. The summed E-state index contributed by atoms with van der Waals surface area (Å²) in [7, 11) is 0. The molecule has 0 bridgehead atoms. The molecule has 0 amide bonds. The second-order valence-corrected chi connectivity index (χ2v) is 9.98. The first-order valence-corrected chi connectivity index (χ1v) is 11.3. The molecule has 2 aromatic carbocycles. The molecule has 0 aliphatic rings. The van der Waals surface area contributed by atoms with Gasteiger partial charge in [-0.15, -0.1) is 0 Å². The molecule has 1 nitrogen and oxygen atoms in total. The number of hydrogen-bond donors (Lipinski definition) is 0. The van der Waals surface area contributed by atoms with E-state index in [9.17, 15) is 0 Å². The van der Waals surface area contributed by atoms with Crippen LogP contribution in [0.25, 0.3) is 30.9 Å². The Hall–Kier alpha value is -2.15. The number of aromatic nitrogens is 1. The molecule has 0 aliphatic heterocycles. The van der Waals surface area contributed by atoms with Crippen LogP contribution >= 0.6 is 0 Å². The van der Waals surface area contributed by atoms with Crippen LogP contribution in [-0.4, -0.2) is 19.5 Å². The van der Waals surface area contributed by atoms with E-state index in [1.807, 2.05) is 6.07 Å². The standard InChI is InChI=1S/C25H25NSe/c1-16(2)20-11-8-12-21(17(3)4)25(20)23-14-19-13-22(26-15-24(19)27-23)18-9-6-5-7-10-18/h5-17H,1-4H3. The van der Waals surface area contributed by atoms with Crippen LogP contribution in [0, 0.1) is 0 Å². The van der Waals surface area contributed by atoms with Crippen LogP contribution in [0.1, 0.15) is 50.7 Å². The zero-order valence-corrected chi connectivity index (χ0v) is 18.1. The van der Waals surface area contributed by atoms with Gasteiger partial charge in [0.2, 0.25) is 0 Å². The van der Waals surface area contributed by atoms with Gasteiger partial charge in [0.15, 0.2) is 0 Å². The first-order valence-electron chi connectivity index (χ1n) is 9.62. The molecule has 136 valence electrons. The molecule has 0 N–H and O–H groups in total. The third-order valence-electron chi connectivity index (χ3n) is 5.09. The SMILES string of the molecule is CC(C)c1cccc(C(C)C)c1-c1cc2cc(-c3ccccc3)ncc2[se]1. The van der Waals surface area contributed by atoms with Crippen LogP contribution in [0.15, 0.2) is 66.9 Å². The summed E-state index contributed by atoms with van der Waals surface area (Å²) in [6.45, 7) is 9.20. The van der Waals surface area contributed by atoms with Crippen molar-refractivity contribution < 1.29 is 0 Å². The van der Waals surface area contributed by atoms with E-state index >= 15 is 0 Å². The van der Waals surface area contributed by atoms with Crippen molar-refractivity contribution in [3.05, 3.63) is 78.0 Å². The van der Waals surface area contributed by atoms with Gasteiger partial charge >= 0.3 is 168 Å². The first kappa shape index (κ1) is 18.2. The summed E-state index contributed by atoms with van der Waals surface area (Å²) in [6.07, 6.45) is 2.09. The van der Waals surface area contributed by atoms with Gasteiger partial charge in [-0.1, -0.05) is 0 Å². The summed E-state index contributed by atoms with van der Waals surface area (Å²) < 4.78 is 2.89. The number of rotatable bonds is 4. The van der Waals surface area contributed by atoms with Crippen molar-refractivity contribution in [2.75, 3.05) is 0 Å². The predicted octanol–water partition coefficient (Wildman–Crippen LogP) is 6.87.